The Labute approximate surface area is 248 Å². The van der Waals surface area contributed by atoms with Crippen LogP contribution >= 0.6 is 23.2 Å². The number of aliphatic carboxylic acids is 1. The van der Waals surface area contributed by atoms with Crippen LogP contribution in [0.15, 0.2) is 65.6 Å². The highest BCUT2D eigenvalue weighted by Gasteiger charge is 2.29. The zero-order valence-corrected chi connectivity index (χ0v) is 24.4. The molecule has 3 aromatic rings. The minimum Gasteiger partial charge on any atom is -0.507 e. The summed E-state index contributed by atoms with van der Waals surface area (Å²) >= 11 is 13.1. The van der Waals surface area contributed by atoms with E-state index in [1.807, 2.05) is 0 Å². The molecular formula is C30H28Cl2N2O6S. The molecule has 0 aromatic heterocycles. The molecule has 2 atom stereocenters. The van der Waals surface area contributed by atoms with Gasteiger partial charge in [-0.15, -0.1) is 0 Å². The van der Waals surface area contributed by atoms with Crippen LogP contribution < -0.4 is 5.32 Å². The van der Waals surface area contributed by atoms with Crippen LogP contribution in [-0.4, -0.2) is 61.8 Å². The van der Waals surface area contributed by atoms with Crippen LogP contribution in [0.5, 0.6) is 5.75 Å². The predicted octanol–water partition coefficient (Wildman–Crippen LogP) is 4.43. The molecule has 41 heavy (non-hydrogen) atoms. The second kappa shape index (κ2) is 12.4. The monoisotopic (exact) mass is 614 g/mol. The van der Waals surface area contributed by atoms with E-state index < -0.39 is 27.4 Å². The molecule has 0 saturated carbocycles. The Balaban J connectivity index is 1.51. The predicted molar refractivity (Wildman–Crippen MR) is 161 cm³/mol. The van der Waals surface area contributed by atoms with Crippen LogP contribution in [0.4, 0.5) is 0 Å². The molecule has 0 aliphatic carbocycles. The van der Waals surface area contributed by atoms with E-state index in [2.05, 4.69) is 11.2 Å². The fourth-order valence-corrected chi connectivity index (χ4v) is 6.08. The van der Waals surface area contributed by atoms with Gasteiger partial charge in [-0.3, -0.25) is 13.8 Å². The van der Waals surface area contributed by atoms with E-state index in [0.717, 1.165) is 0 Å². The summed E-state index contributed by atoms with van der Waals surface area (Å²) in [5.41, 5.74) is 2.37. The number of fused-ring (bicyclic) bond motifs is 1. The number of phenols is 1. The molecule has 1 aliphatic heterocycles. The first-order chi connectivity index (χ1) is 19.3. The average molecular weight is 616 g/mol. The third-order valence-electron chi connectivity index (χ3n) is 6.73. The molecule has 2 amide bonds. The number of carboxylic acid groups (broad SMARTS) is 1. The summed E-state index contributed by atoms with van der Waals surface area (Å²) in [6.45, 7) is 0.544. The number of aromatic hydroxyl groups is 1. The van der Waals surface area contributed by atoms with Crippen molar-refractivity contribution in [1.82, 2.24) is 10.2 Å². The number of nitrogens with zero attached hydrogens (tertiary/aromatic N) is 1. The quantitative estimate of drug-likeness (QED) is 0.255. The lowest BCUT2D eigenvalue weighted by Crippen LogP contribution is -2.42. The Morgan fingerprint density at radius 3 is 2.56 bits per heavy atom. The molecule has 8 nitrogen and oxygen atoms in total. The van der Waals surface area contributed by atoms with Gasteiger partial charge < -0.3 is 20.4 Å². The van der Waals surface area contributed by atoms with E-state index in [1.165, 1.54) is 24.5 Å². The molecule has 1 unspecified atom stereocenters. The van der Waals surface area contributed by atoms with Crippen molar-refractivity contribution in [3.05, 3.63) is 98.5 Å². The third kappa shape index (κ3) is 7.11. The highest BCUT2D eigenvalue weighted by atomic mass is 35.5. The van der Waals surface area contributed by atoms with Crippen molar-refractivity contribution in [2.75, 3.05) is 12.8 Å². The molecule has 4 rings (SSSR count). The van der Waals surface area contributed by atoms with Gasteiger partial charge in [0, 0.05) is 42.3 Å². The number of carboxylic acids is 1. The third-order valence-corrected chi connectivity index (χ3v) is 8.69. The molecule has 214 valence electrons. The van der Waals surface area contributed by atoms with E-state index >= 15 is 0 Å². The molecule has 0 saturated heterocycles. The Bertz CT molecular complexity index is 1670. The van der Waals surface area contributed by atoms with Gasteiger partial charge in [-0.2, -0.15) is 0 Å². The lowest BCUT2D eigenvalue weighted by atomic mass is 9.96. The molecule has 0 spiro atoms. The highest BCUT2D eigenvalue weighted by Crippen LogP contribution is 2.35. The first-order valence-corrected chi connectivity index (χ1v) is 15.4. The van der Waals surface area contributed by atoms with Crippen molar-refractivity contribution in [1.29, 1.82) is 0 Å². The molecule has 0 radical (unpaired) electrons. The first-order valence-electron chi connectivity index (χ1n) is 12.5. The number of hydrogen-bond acceptors (Lipinski definition) is 5. The van der Waals surface area contributed by atoms with Crippen molar-refractivity contribution in [3.8, 4) is 5.75 Å². The number of amides is 2. The highest BCUT2D eigenvalue weighted by molar-refractivity contribution is 7.99. The molecule has 1 heterocycles. The Kier molecular flexibility index (Phi) is 9.11. The topological polar surface area (TPSA) is 124 Å². The lowest BCUT2D eigenvalue weighted by Gasteiger charge is -2.29. The van der Waals surface area contributed by atoms with Gasteiger partial charge in [-0.1, -0.05) is 53.5 Å². The molecule has 11 heteroatoms. The van der Waals surface area contributed by atoms with Crippen LogP contribution in [0.2, 0.25) is 10.0 Å². The summed E-state index contributed by atoms with van der Waals surface area (Å²) < 4.78 is 12.3. The molecule has 0 bridgehead atoms. The van der Waals surface area contributed by atoms with Crippen LogP contribution in [0.25, 0.3) is 6.08 Å². The average Bonchev–Trinajstić information content (AvgIpc) is 2.91. The van der Waals surface area contributed by atoms with Crippen LogP contribution in [0.1, 0.15) is 32.6 Å². The second-order valence-corrected chi connectivity index (χ2v) is 13.1. The fourth-order valence-electron chi connectivity index (χ4n) is 4.55. The normalized spacial score (nSPS) is 15.1. The maximum atomic E-state index is 13.2. The SMILES string of the molecule is C=S(C)(=O)c1cccc(C[C@H](NC(=O)c2c(Cl)cc3c(c2Cl)CCN(C(=O)/C=C/c2ccccc2O)C3)C(=O)O)c1. The summed E-state index contributed by atoms with van der Waals surface area (Å²) in [5, 5.41) is 22.3. The van der Waals surface area contributed by atoms with Gasteiger partial charge in [0.25, 0.3) is 5.91 Å². The van der Waals surface area contributed by atoms with Crippen molar-refractivity contribution in [2.45, 2.75) is 30.3 Å². The van der Waals surface area contributed by atoms with Gasteiger partial charge >= 0.3 is 5.97 Å². The maximum Gasteiger partial charge on any atom is 0.326 e. The summed E-state index contributed by atoms with van der Waals surface area (Å²) in [6, 6.07) is 13.5. The first kappa shape index (κ1) is 30.2. The van der Waals surface area contributed by atoms with Gasteiger partial charge in [0.1, 0.15) is 11.8 Å². The number of carbonyl (C=O) groups excluding carboxylic acids is 2. The molecule has 1 aliphatic rings. The number of phenolic OH excluding ortho intramolecular Hbond substituents is 1. The largest absolute Gasteiger partial charge is 0.507 e. The van der Waals surface area contributed by atoms with E-state index in [4.69, 9.17) is 23.2 Å². The summed E-state index contributed by atoms with van der Waals surface area (Å²) in [7, 11) is -2.50. The minimum atomic E-state index is -2.50. The second-order valence-electron chi connectivity index (χ2n) is 9.81. The number of nitrogens with one attached hydrogen (secondary N) is 1. The number of rotatable bonds is 8. The van der Waals surface area contributed by atoms with Gasteiger partial charge in [0.05, 0.1) is 15.6 Å². The van der Waals surface area contributed by atoms with E-state index in [0.29, 0.717) is 40.1 Å². The van der Waals surface area contributed by atoms with Crippen molar-refractivity contribution in [2.24, 2.45) is 0 Å². The number of halogens is 2. The minimum absolute atomic E-state index is 0.0270. The van der Waals surface area contributed by atoms with Crippen LogP contribution in [0.3, 0.4) is 0 Å². The number of hydrogen-bond donors (Lipinski definition) is 3. The molecule has 0 fully saturated rings. The Morgan fingerprint density at radius 2 is 1.88 bits per heavy atom. The number of carbonyl (C=O) groups is 3. The number of benzene rings is 3. The van der Waals surface area contributed by atoms with Crippen LogP contribution in [-0.2, 0) is 38.5 Å². The van der Waals surface area contributed by atoms with Crippen molar-refractivity contribution >= 4 is 62.5 Å². The van der Waals surface area contributed by atoms with Gasteiger partial charge in [-0.25, -0.2) is 4.79 Å². The van der Waals surface area contributed by atoms with Gasteiger partial charge in [0.2, 0.25) is 5.91 Å². The standard InChI is InChI=1S/C30H28Cl2N2O6S/c1-41(2,40)21-8-5-6-18(14-21)15-24(30(38)39)33-29(37)27-23(31)16-20-17-34(13-12-22(20)28(27)32)26(36)11-10-19-7-3-4-9-25(19)35/h3-11,14,16,24,35H,1,12-13,15,17H2,2H3,(H,33,37)(H,38,39)/b11-10+/t24-,41?/m0/s1. The lowest BCUT2D eigenvalue weighted by molar-refractivity contribution is -0.139. The Morgan fingerprint density at radius 1 is 1.15 bits per heavy atom. The fraction of sp³-hybridized carbons (Fsp3) is 0.200. The zero-order valence-electron chi connectivity index (χ0n) is 22.1. The van der Waals surface area contributed by atoms with E-state index in [1.54, 1.807) is 53.4 Å². The molecule has 3 aromatic carbocycles. The smallest absolute Gasteiger partial charge is 0.326 e. The van der Waals surface area contributed by atoms with Gasteiger partial charge in [0.15, 0.2) is 0 Å². The van der Waals surface area contributed by atoms with Crippen molar-refractivity contribution < 1.29 is 28.8 Å². The van der Waals surface area contributed by atoms with Crippen molar-refractivity contribution in [3.63, 3.8) is 0 Å². The summed E-state index contributed by atoms with van der Waals surface area (Å²) in [6.07, 6.45) is 4.71. The number of para-hydroxylation sites is 1. The zero-order chi connectivity index (χ0) is 29.9. The van der Waals surface area contributed by atoms with E-state index in [-0.39, 0.29) is 40.2 Å². The van der Waals surface area contributed by atoms with Gasteiger partial charge in [-0.05, 0) is 68.8 Å². The maximum absolute atomic E-state index is 13.2. The van der Waals surface area contributed by atoms with E-state index in [9.17, 15) is 28.8 Å². The summed E-state index contributed by atoms with van der Waals surface area (Å²) in [4.78, 5) is 40.1. The molecule has 3 N–H and O–H groups in total. The summed E-state index contributed by atoms with van der Waals surface area (Å²) in [5.74, 6) is 1.45. The molecular weight excluding hydrogens is 587 g/mol. The van der Waals surface area contributed by atoms with Crippen LogP contribution in [0, 0.1) is 0 Å². The Hall–Kier alpha value is -3.79.